The van der Waals surface area contributed by atoms with Gasteiger partial charge in [0, 0.05) is 0 Å². The Morgan fingerprint density at radius 2 is 1.84 bits per heavy atom. The second-order valence-corrected chi connectivity index (χ2v) is 5.51. The molecule has 1 heterocycles. The Morgan fingerprint density at radius 3 is 2.56 bits per heavy atom. The van der Waals surface area contributed by atoms with E-state index >= 15 is 0 Å². The number of para-hydroxylation sites is 2. The average molecular weight is 338 g/mol. The highest BCUT2D eigenvalue weighted by Crippen LogP contribution is 2.14. The molecule has 0 N–H and O–H groups in total. The lowest BCUT2D eigenvalue weighted by Crippen LogP contribution is -2.26. The first kappa shape index (κ1) is 16.7. The van der Waals surface area contributed by atoms with E-state index in [1.807, 2.05) is 24.3 Å². The van der Waals surface area contributed by atoms with E-state index in [0.29, 0.717) is 30.2 Å². The van der Waals surface area contributed by atoms with Crippen LogP contribution in [0.2, 0.25) is 0 Å². The van der Waals surface area contributed by atoms with Gasteiger partial charge in [-0.3, -0.25) is 4.79 Å². The second kappa shape index (κ2) is 7.17. The van der Waals surface area contributed by atoms with Crippen molar-refractivity contribution >= 4 is 17.0 Å². The number of carbonyl (C=O) groups is 1. The van der Waals surface area contributed by atoms with Gasteiger partial charge in [0.1, 0.15) is 18.1 Å². The molecule has 0 aliphatic carbocycles. The number of esters is 1. The summed E-state index contributed by atoms with van der Waals surface area (Å²) in [5, 5.41) is 0. The van der Waals surface area contributed by atoms with Gasteiger partial charge in [-0.25, -0.2) is 9.78 Å². The molecule has 3 aromatic rings. The fourth-order valence-corrected chi connectivity index (χ4v) is 2.60. The molecule has 0 amide bonds. The number of ether oxygens (including phenoxy) is 2. The summed E-state index contributed by atoms with van der Waals surface area (Å²) >= 11 is 0. The van der Waals surface area contributed by atoms with E-state index in [1.54, 1.807) is 35.8 Å². The zero-order valence-corrected chi connectivity index (χ0v) is 14.1. The van der Waals surface area contributed by atoms with Crippen molar-refractivity contribution in [1.82, 2.24) is 9.55 Å². The van der Waals surface area contributed by atoms with Crippen molar-refractivity contribution in [1.29, 1.82) is 0 Å². The number of benzene rings is 2. The molecular weight excluding hydrogens is 320 g/mol. The van der Waals surface area contributed by atoms with Crippen molar-refractivity contribution in [3.63, 3.8) is 0 Å². The van der Waals surface area contributed by atoms with Gasteiger partial charge in [0.15, 0.2) is 0 Å². The highest BCUT2D eigenvalue weighted by atomic mass is 16.5. The van der Waals surface area contributed by atoms with Gasteiger partial charge in [-0.05, 0) is 43.3 Å². The fraction of sp³-hybridized carbons (Fsp3) is 0.211. The molecule has 0 fully saturated rings. The lowest BCUT2D eigenvalue weighted by atomic mass is 10.2. The van der Waals surface area contributed by atoms with Gasteiger partial charge in [0.25, 0.3) is 5.56 Å². The summed E-state index contributed by atoms with van der Waals surface area (Å²) in [6.07, 6.45) is 0. The summed E-state index contributed by atoms with van der Waals surface area (Å²) in [7, 11) is 1.34. The predicted octanol–water partition coefficient (Wildman–Crippen LogP) is 2.57. The quantitative estimate of drug-likeness (QED) is 0.669. The smallest absolute Gasteiger partial charge is 0.337 e. The average Bonchev–Trinajstić information content (AvgIpc) is 2.64. The number of hydrogen-bond donors (Lipinski definition) is 0. The van der Waals surface area contributed by atoms with Crippen molar-refractivity contribution in [2.24, 2.45) is 0 Å². The maximum absolute atomic E-state index is 12.4. The van der Waals surface area contributed by atoms with Crippen LogP contribution in [0.25, 0.3) is 11.0 Å². The third kappa shape index (κ3) is 3.52. The molecule has 25 heavy (non-hydrogen) atoms. The normalized spacial score (nSPS) is 10.6. The molecule has 0 saturated carbocycles. The van der Waals surface area contributed by atoms with Gasteiger partial charge in [0.2, 0.25) is 0 Å². The van der Waals surface area contributed by atoms with E-state index in [9.17, 15) is 9.59 Å². The number of aromatic nitrogens is 2. The number of fused-ring (bicyclic) bond motifs is 1. The van der Waals surface area contributed by atoms with Crippen molar-refractivity contribution in [3.8, 4) is 5.75 Å². The minimum absolute atomic E-state index is 0.122. The van der Waals surface area contributed by atoms with E-state index < -0.39 is 5.97 Å². The molecule has 0 radical (unpaired) electrons. The summed E-state index contributed by atoms with van der Waals surface area (Å²) in [6, 6.07) is 14.2. The zero-order valence-electron chi connectivity index (χ0n) is 14.1. The molecule has 6 heteroatoms. The van der Waals surface area contributed by atoms with Crippen LogP contribution in [-0.4, -0.2) is 29.2 Å². The number of aryl methyl sites for hydroxylation is 1. The first-order valence-corrected chi connectivity index (χ1v) is 7.87. The molecule has 0 aliphatic rings. The number of hydrogen-bond acceptors (Lipinski definition) is 5. The Kier molecular flexibility index (Phi) is 4.79. The molecule has 6 nitrogen and oxygen atoms in total. The van der Waals surface area contributed by atoms with Crippen LogP contribution in [0.3, 0.4) is 0 Å². The topological polar surface area (TPSA) is 70.4 Å². The lowest BCUT2D eigenvalue weighted by molar-refractivity contribution is 0.0600. The Balaban J connectivity index is 1.74. The SMILES string of the molecule is COC(=O)c1ccc(OCCn2c(=O)c(C)nc3ccccc32)cc1. The molecule has 0 spiro atoms. The number of carbonyl (C=O) groups excluding carboxylic acids is 1. The first-order chi connectivity index (χ1) is 12.1. The molecular formula is C19H18N2O4. The van der Waals surface area contributed by atoms with E-state index in [4.69, 9.17) is 4.74 Å². The van der Waals surface area contributed by atoms with Crippen molar-refractivity contribution < 1.29 is 14.3 Å². The summed E-state index contributed by atoms with van der Waals surface area (Å²) < 4.78 is 12.0. The number of rotatable bonds is 5. The highest BCUT2D eigenvalue weighted by molar-refractivity contribution is 5.89. The Bertz CT molecular complexity index is 961. The summed E-state index contributed by atoms with van der Waals surface area (Å²) in [5.74, 6) is 0.229. The maximum atomic E-state index is 12.4. The van der Waals surface area contributed by atoms with Crippen LogP contribution >= 0.6 is 0 Å². The van der Waals surface area contributed by atoms with Gasteiger partial charge >= 0.3 is 5.97 Å². The van der Waals surface area contributed by atoms with Crippen LogP contribution in [0.5, 0.6) is 5.75 Å². The number of methoxy groups -OCH3 is 1. The Morgan fingerprint density at radius 1 is 1.12 bits per heavy atom. The van der Waals surface area contributed by atoms with E-state index in [1.165, 1.54) is 7.11 Å². The molecule has 0 saturated heterocycles. The molecule has 0 aliphatic heterocycles. The highest BCUT2D eigenvalue weighted by Gasteiger charge is 2.08. The summed E-state index contributed by atoms with van der Waals surface area (Å²) in [5.41, 5.74) is 2.36. The molecule has 0 bridgehead atoms. The molecule has 3 rings (SSSR count). The second-order valence-electron chi connectivity index (χ2n) is 5.51. The monoisotopic (exact) mass is 338 g/mol. The van der Waals surface area contributed by atoms with Crippen molar-refractivity contribution in [2.75, 3.05) is 13.7 Å². The minimum atomic E-state index is -0.392. The van der Waals surface area contributed by atoms with Crippen LogP contribution in [-0.2, 0) is 11.3 Å². The Hall–Kier alpha value is -3.15. The van der Waals surface area contributed by atoms with E-state index in [0.717, 1.165) is 11.0 Å². The van der Waals surface area contributed by atoms with Crippen molar-refractivity contribution in [3.05, 3.63) is 70.1 Å². The lowest BCUT2D eigenvalue weighted by Gasteiger charge is -2.12. The standard InChI is InChI=1S/C19H18N2O4/c1-13-18(22)21(17-6-4-3-5-16(17)20-13)11-12-25-15-9-7-14(8-10-15)19(23)24-2/h3-10H,11-12H2,1-2H3. The molecule has 1 aromatic heterocycles. The van der Waals surface area contributed by atoms with Crippen LogP contribution in [0.1, 0.15) is 16.1 Å². The predicted molar refractivity (Wildman–Crippen MR) is 94.0 cm³/mol. The van der Waals surface area contributed by atoms with Gasteiger partial charge in [-0.1, -0.05) is 12.1 Å². The molecule has 2 aromatic carbocycles. The minimum Gasteiger partial charge on any atom is -0.492 e. The molecule has 128 valence electrons. The van der Waals surface area contributed by atoms with Crippen LogP contribution in [0.15, 0.2) is 53.3 Å². The summed E-state index contributed by atoms with van der Waals surface area (Å²) in [6.45, 7) is 2.43. The van der Waals surface area contributed by atoms with Crippen molar-refractivity contribution in [2.45, 2.75) is 13.5 Å². The fourth-order valence-electron chi connectivity index (χ4n) is 2.60. The summed E-state index contributed by atoms with van der Waals surface area (Å²) in [4.78, 5) is 28.1. The van der Waals surface area contributed by atoms with Crippen LogP contribution in [0.4, 0.5) is 0 Å². The first-order valence-electron chi connectivity index (χ1n) is 7.87. The molecule has 0 atom stereocenters. The number of nitrogens with zero attached hydrogens (tertiary/aromatic N) is 2. The van der Waals surface area contributed by atoms with E-state index in [-0.39, 0.29) is 5.56 Å². The van der Waals surface area contributed by atoms with Gasteiger partial charge in [-0.2, -0.15) is 0 Å². The Labute approximate surface area is 144 Å². The van der Waals surface area contributed by atoms with Crippen LogP contribution < -0.4 is 10.3 Å². The zero-order chi connectivity index (χ0) is 17.8. The largest absolute Gasteiger partial charge is 0.492 e. The van der Waals surface area contributed by atoms with Crippen LogP contribution in [0, 0.1) is 6.92 Å². The van der Waals surface area contributed by atoms with Gasteiger partial charge in [0.05, 0.1) is 30.3 Å². The third-order valence-electron chi connectivity index (χ3n) is 3.87. The maximum Gasteiger partial charge on any atom is 0.337 e. The molecule has 0 unspecified atom stereocenters. The van der Waals surface area contributed by atoms with Gasteiger partial charge < -0.3 is 14.0 Å². The third-order valence-corrected chi connectivity index (χ3v) is 3.87. The van der Waals surface area contributed by atoms with E-state index in [2.05, 4.69) is 9.72 Å². The van der Waals surface area contributed by atoms with Gasteiger partial charge in [-0.15, -0.1) is 0 Å².